The first kappa shape index (κ1) is 14.8. The average molecular weight is 288 g/mol. The third kappa shape index (κ3) is 2.97. The quantitative estimate of drug-likeness (QED) is 0.809. The molecule has 21 heavy (non-hydrogen) atoms. The lowest BCUT2D eigenvalue weighted by atomic mass is 10.0. The largest absolute Gasteiger partial charge is 0.496 e. The molecule has 5 heteroatoms. The zero-order valence-electron chi connectivity index (χ0n) is 12.1. The minimum Gasteiger partial charge on any atom is -0.496 e. The van der Waals surface area contributed by atoms with Crippen molar-refractivity contribution in [1.82, 2.24) is 0 Å². The van der Waals surface area contributed by atoms with E-state index in [1.165, 1.54) is 14.0 Å². The van der Waals surface area contributed by atoms with Gasteiger partial charge in [0.15, 0.2) is 6.10 Å². The van der Waals surface area contributed by atoms with Crippen LogP contribution in [0.25, 0.3) is 10.8 Å². The predicted octanol–water partition coefficient (Wildman–Crippen LogP) is 2.57. The molecule has 0 saturated heterocycles. The molecule has 0 bridgehead atoms. The molecule has 2 aromatic carbocycles. The molecule has 0 aliphatic carbocycles. The van der Waals surface area contributed by atoms with Crippen molar-refractivity contribution >= 4 is 22.7 Å². The topological polar surface area (TPSA) is 61.8 Å². The first-order chi connectivity index (χ1) is 10.1. The summed E-state index contributed by atoms with van der Waals surface area (Å²) in [4.78, 5) is 23.5. The van der Waals surface area contributed by atoms with Gasteiger partial charge in [-0.2, -0.15) is 0 Å². The summed E-state index contributed by atoms with van der Waals surface area (Å²) in [6.45, 7) is 1.47. The zero-order valence-corrected chi connectivity index (χ0v) is 12.1. The predicted molar refractivity (Wildman–Crippen MR) is 77.4 cm³/mol. The van der Waals surface area contributed by atoms with Crippen LogP contribution in [-0.2, 0) is 14.3 Å². The summed E-state index contributed by atoms with van der Waals surface area (Å²) >= 11 is 0. The molecule has 110 valence electrons. The standard InChI is InChI=1S/C16H16O5/c1-10(15(17)20-3)21-16(18)13-8-9-14(19-2)12-7-5-4-6-11(12)13/h4-10H,1-3H3. The zero-order chi connectivity index (χ0) is 15.4. The Morgan fingerprint density at radius 1 is 1.00 bits per heavy atom. The van der Waals surface area contributed by atoms with Crippen LogP contribution >= 0.6 is 0 Å². The Morgan fingerprint density at radius 3 is 2.29 bits per heavy atom. The van der Waals surface area contributed by atoms with Gasteiger partial charge in [0, 0.05) is 5.39 Å². The van der Waals surface area contributed by atoms with E-state index in [4.69, 9.17) is 9.47 Å². The summed E-state index contributed by atoms with van der Waals surface area (Å²) in [6.07, 6.45) is -0.955. The number of carbonyl (C=O) groups is 2. The second-order valence-corrected chi connectivity index (χ2v) is 4.43. The monoisotopic (exact) mass is 288 g/mol. The van der Waals surface area contributed by atoms with Gasteiger partial charge in [-0.25, -0.2) is 9.59 Å². The normalized spacial score (nSPS) is 11.8. The molecule has 2 aromatic rings. The molecule has 0 radical (unpaired) electrons. The second kappa shape index (κ2) is 6.26. The van der Waals surface area contributed by atoms with E-state index in [1.54, 1.807) is 25.3 Å². The summed E-state index contributed by atoms with van der Waals surface area (Å²) in [7, 11) is 2.81. The Kier molecular flexibility index (Phi) is 4.42. The third-order valence-electron chi connectivity index (χ3n) is 3.14. The Balaban J connectivity index is 2.38. The van der Waals surface area contributed by atoms with Gasteiger partial charge in [-0.15, -0.1) is 0 Å². The number of hydrogen-bond acceptors (Lipinski definition) is 5. The number of benzene rings is 2. The molecular formula is C16H16O5. The molecule has 0 aromatic heterocycles. The molecule has 0 fully saturated rings. The van der Waals surface area contributed by atoms with Crippen LogP contribution in [0.2, 0.25) is 0 Å². The number of ether oxygens (including phenoxy) is 3. The van der Waals surface area contributed by atoms with Crippen LogP contribution in [-0.4, -0.2) is 32.3 Å². The molecule has 0 amide bonds. The number of fused-ring (bicyclic) bond motifs is 1. The lowest BCUT2D eigenvalue weighted by Gasteiger charge is -2.13. The number of methoxy groups -OCH3 is 2. The van der Waals surface area contributed by atoms with Gasteiger partial charge < -0.3 is 14.2 Å². The van der Waals surface area contributed by atoms with Gasteiger partial charge in [-0.1, -0.05) is 24.3 Å². The number of rotatable bonds is 4. The summed E-state index contributed by atoms with van der Waals surface area (Å²) in [5.74, 6) is -0.504. The number of carbonyl (C=O) groups excluding carboxylic acids is 2. The van der Waals surface area contributed by atoms with E-state index in [1.807, 2.05) is 18.2 Å². The highest BCUT2D eigenvalue weighted by Gasteiger charge is 2.21. The van der Waals surface area contributed by atoms with Gasteiger partial charge in [0.1, 0.15) is 5.75 Å². The van der Waals surface area contributed by atoms with Crippen LogP contribution in [0.3, 0.4) is 0 Å². The van der Waals surface area contributed by atoms with Gasteiger partial charge >= 0.3 is 11.9 Å². The highest BCUT2D eigenvalue weighted by atomic mass is 16.6. The fourth-order valence-electron chi connectivity index (χ4n) is 2.07. The van der Waals surface area contributed by atoms with Gasteiger partial charge in [-0.05, 0) is 24.4 Å². The molecule has 5 nitrogen and oxygen atoms in total. The maximum atomic E-state index is 12.2. The van der Waals surface area contributed by atoms with Crippen molar-refractivity contribution in [2.75, 3.05) is 14.2 Å². The SMILES string of the molecule is COC(=O)C(C)OC(=O)c1ccc(OC)c2ccccc12. The van der Waals surface area contributed by atoms with E-state index in [0.717, 1.165) is 5.39 Å². The summed E-state index contributed by atoms with van der Waals surface area (Å²) in [5, 5.41) is 1.51. The van der Waals surface area contributed by atoms with Gasteiger partial charge in [0.05, 0.1) is 19.8 Å². The molecular weight excluding hydrogens is 272 g/mol. The van der Waals surface area contributed by atoms with Gasteiger partial charge in [0.2, 0.25) is 0 Å². The van der Waals surface area contributed by atoms with E-state index >= 15 is 0 Å². The number of esters is 2. The average Bonchev–Trinajstić information content (AvgIpc) is 2.52. The molecule has 0 N–H and O–H groups in total. The lowest BCUT2D eigenvalue weighted by Crippen LogP contribution is -2.25. The molecule has 0 heterocycles. The molecule has 0 aliphatic rings. The summed E-state index contributed by atoms with van der Waals surface area (Å²) < 4.78 is 14.9. The van der Waals surface area contributed by atoms with E-state index in [9.17, 15) is 9.59 Å². The van der Waals surface area contributed by atoms with Crippen molar-refractivity contribution in [3.05, 3.63) is 42.0 Å². The Labute approximate surface area is 122 Å². The minimum absolute atomic E-state index is 0.377. The van der Waals surface area contributed by atoms with Crippen LogP contribution in [0.4, 0.5) is 0 Å². The fraction of sp³-hybridized carbons (Fsp3) is 0.250. The van der Waals surface area contributed by atoms with Gasteiger partial charge in [0.25, 0.3) is 0 Å². The minimum atomic E-state index is -0.955. The molecule has 0 saturated carbocycles. The van der Waals surface area contributed by atoms with Crippen LogP contribution in [0, 0.1) is 0 Å². The molecule has 0 spiro atoms. The van der Waals surface area contributed by atoms with Crippen LogP contribution in [0.15, 0.2) is 36.4 Å². The Morgan fingerprint density at radius 2 is 1.67 bits per heavy atom. The van der Waals surface area contributed by atoms with E-state index < -0.39 is 18.0 Å². The van der Waals surface area contributed by atoms with E-state index in [-0.39, 0.29) is 0 Å². The molecule has 2 rings (SSSR count). The molecule has 1 atom stereocenters. The number of hydrogen-bond donors (Lipinski definition) is 0. The Bertz CT molecular complexity index is 677. The van der Waals surface area contributed by atoms with Crippen molar-refractivity contribution in [3.63, 3.8) is 0 Å². The second-order valence-electron chi connectivity index (χ2n) is 4.43. The molecule has 1 unspecified atom stereocenters. The van der Waals surface area contributed by atoms with Gasteiger partial charge in [-0.3, -0.25) is 0 Å². The lowest BCUT2D eigenvalue weighted by molar-refractivity contribution is -0.149. The summed E-state index contributed by atoms with van der Waals surface area (Å²) in [6, 6.07) is 10.7. The van der Waals surface area contributed by atoms with E-state index in [2.05, 4.69) is 4.74 Å². The van der Waals surface area contributed by atoms with Crippen LogP contribution in [0.5, 0.6) is 5.75 Å². The fourth-order valence-corrected chi connectivity index (χ4v) is 2.07. The highest BCUT2D eigenvalue weighted by molar-refractivity contribution is 6.06. The Hall–Kier alpha value is -2.56. The third-order valence-corrected chi connectivity index (χ3v) is 3.14. The van der Waals surface area contributed by atoms with E-state index in [0.29, 0.717) is 16.7 Å². The first-order valence-corrected chi connectivity index (χ1v) is 6.43. The van der Waals surface area contributed by atoms with Crippen molar-refractivity contribution < 1.29 is 23.8 Å². The van der Waals surface area contributed by atoms with Crippen LogP contribution in [0.1, 0.15) is 17.3 Å². The smallest absolute Gasteiger partial charge is 0.346 e. The van der Waals surface area contributed by atoms with Crippen molar-refractivity contribution in [2.45, 2.75) is 13.0 Å². The first-order valence-electron chi connectivity index (χ1n) is 6.43. The van der Waals surface area contributed by atoms with Crippen molar-refractivity contribution in [3.8, 4) is 5.75 Å². The molecule has 0 aliphatic heterocycles. The van der Waals surface area contributed by atoms with Crippen molar-refractivity contribution in [2.24, 2.45) is 0 Å². The highest BCUT2D eigenvalue weighted by Crippen LogP contribution is 2.28. The summed E-state index contributed by atoms with van der Waals surface area (Å²) in [5.41, 5.74) is 0.377. The van der Waals surface area contributed by atoms with Crippen molar-refractivity contribution in [1.29, 1.82) is 0 Å². The van der Waals surface area contributed by atoms with Crippen LogP contribution < -0.4 is 4.74 Å². The maximum Gasteiger partial charge on any atom is 0.346 e. The maximum absolute atomic E-state index is 12.2.